The molecular formula is C17H19N3O3. The van der Waals surface area contributed by atoms with Crippen LogP contribution >= 0.6 is 0 Å². The van der Waals surface area contributed by atoms with Gasteiger partial charge in [0, 0.05) is 43.0 Å². The van der Waals surface area contributed by atoms with Crippen molar-refractivity contribution in [2.45, 2.75) is 13.0 Å². The van der Waals surface area contributed by atoms with Gasteiger partial charge in [0.05, 0.1) is 7.11 Å². The number of hydrogen-bond acceptors (Lipinski definition) is 4. The fourth-order valence-electron chi connectivity index (χ4n) is 2.03. The Morgan fingerprint density at radius 2 is 1.83 bits per heavy atom. The number of carbonyl (C=O) groups excluding carboxylic acids is 2. The van der Waals surface area contributed by atoms with E-state index in [9.17, 15) is 9.59 Å². The van der Waals surface area contributed by atoms with Gasteiger partial charge in [-0.05, 0) is 18.2 Å². The third kappa shape index (κ3) is 5.10. The fourth-order valence-corrected chi connectivity index (χ4v) is 2.03. The molecule has 6 heteroatoms. The maximum absolute atomic E-state index is 11.8. The molecule has 2 amide bonds. The van der Waals surface area contributed by atoms with Crippen LogP contribution in [0.15, 0.2) is 48.8 Å². The number of benzene rings is 1. The lowest BCUT2D eigenvalue weighted by Gasteiger charge is -2.10. The number of aromatic nitrogens is 1. The molecule has 0 aliphatic heterocycles. The van der Waals surface area contributed by atoms with Gasteiger partial charge in [0.1, 0.15) is 5.75 Å². The van der Waals surface area contributed by atoms with Crippen molar-refractivity contribution >= 4 is 11.8 Å². The zero-order chi connectivity index (χ0) is 16.5. The fraction of sp³-hybridized carbons (Fsp3) is 0.235. The molecular weight excluding hydrogens is 294 g/mol. The highest BCUT2D eigenvalue weighted by atomic mass is 16.5. The van der Waals surface area contributed by atoms with E-state index in [0.717, 1.165) is 11.3 Å². The standard InChI is InChI=1S/C17H19N3O3/c1-23-15-5-3-2-4-14(15)12-20-16(21)8-11-19-17(22)13-6-9-18-10-7-13/h2-7,9-10H,8,11-12H2,1H3,(H,19,22)(H,20,21). The molecule has 1 heterocycles. The Morgan fingerprint density at radius 1 is 1.09 bits per heavy atom. The molecule has 1 aromatic carbocycles. The number of carbonyl (C=O) groups is 2. The Bertz CT molecular complexity index is 659. The number of rotatable bonds is 7. The van der Waals surface area contributed by atoms with Crippen molar-refractivity contribution in [1.29, 1.82) is 0 Å². The SMILES string of the molecule is COc1ccccc1CNC(=O)CCNC(=O)c1ccncc1. The van der Waals surface area contributed by atoms with Gasteiger partial charge < -0.3 is 15.4 Å². The molecule has 120 valence electrons. The van der Waals surface area contributed by atoms with E-state index in [-0.39, 0.29) is 24.8 Å². The summed E-state index contributed by atoms with van der Waals surface area (Å²) in [6.45, 7) is 0.667. The number of nitrogens with zero attached hydrogens (tertiary/aromatic N) is 1. The predicted octanol–water partition coefficient (Wildman–Crippen LogP) is 1.53. The van der Waals surface area contributed by atoms with Crippen molar-refractivity contribution in [3.63, 3.8) is 0 Å². The smallest absolute Gasteiger partial charge is 0.251 e. The number of ether oxygens (including phenoxy) is 1. The van der Waals surface area contributed by atoms with Gasteiger partial charge >= 0.3 is 0 Å². The maximum Gasteiger partial charge on any atom is 0.251 e. The van der Waals surface area contributed by atoms with Crippen LogP contribution in [0.4, 0.5) is 0 Å². The zero-order valence-corrected chi connectivity index (χ0v) is 12.9. The third-order valence-corrected chi connectivity index (χ3v) is 3.25. The maximum atomic E-state index is 11.8. The summed E-state index contributed by atoms with van der Waals surface area (Å²) < 4.78 is 5.23. The predicted molar refractivity (Wildman–Crippen MR) is 86.0 cm³/mol. The van der Waals surface area contributed by atoms with Crippen LogP contribution in [-0.2, 0) is 11.3 Å². The molecule has 1 aromatic heterocycles. The zero-order valence-electron chi connectivity index (χ0n) is 12.9. The highest BCUT2D eigenvalue weighted by molar-refractivity contribution is 5.94. The molecule has 6 nitrogen and oxygen atoms in total. The molecule has 0 atom stereocenters. The Labute approximate surface area is 134 Å². The minimum Gasteiger partial charge on any atom is -0.496 e. The molecule has 0 bridgehead atoms. The summed E-state index contributed by atoms with van der Waals surface area (Å²) in [4.78, 5) is 27.5. The van der Waals surface area contributed by atoms with Crippen LogP contribution in [0.5, 0.6) is 5.75 Å². The molecule has 0 aliphatic rings. The van der Waals surface area contributed by atoms with Crippen LogP contribution in [0.3, 0.4) is 0 Å². The monoisotopic (exact) mass is 313 g/mol. The average Bonchev–Trinajstić information content (AvgIpc) is 2.60. The second-order valence-electron chi connectivity index (χ2n) is 4.83. The van der Waals surface area contributed by atoms with Gasteiger partial charge in [0.15, 0.2) is 0 Å². The summed E-state index contributed by atoms with van der Waals surface area (Å²) in [6, 6.07) is 10.7. The lowest BCUT2D eigenvalue weighted by atomic mass is 10.2. The topological polar surface area (TPSA) is 80.3 Å². The number of amides is 2. The first-order valence-electron chi connectivity index (χ1n) is 7.27. The van der Waals surface area contributed by atoms with Crippen LogP contribution in [0.25, 0.3) is 0 Å². The van der Waals surface area contributed by atoms with Crippen molar-refractivity contribution in [3.05, 3.63) is 59.9 Å². The number of hydrogen-bond donors (Lipinski definition) is 2. The van der Waals surface area contributed by atoms with Crippen LogP contribution in [0.2, 0.25) is 0 Å². The van der Waals surface area contributed by atoms with Gasteiger partial charge in [-0.1, -0.05) is 18.2 Å². The number of nitrogens with one attached hydrogen (secondary N) is 2. The largest absolute Gasteiger partial charge is 0.496 e. The molecule has 0 radical (unpaired) electrons. The van der Waals surface area contributed by atoms with Crippen LogP contribution < -0.4 is 15.4 Å². The molecule has 0 unspecified atom stereocenters. The van der Waals surface area contributed by atoms with E-state index < -0.39 is 0 Å². The summed E-state index contributed by atoms with van der Waals surface area (Å²) in [5.41, 5.74) is 1.43. The molecule has 0 spiro atoms. The highest BCUT2D eigenvalue weighted by Crippen LogP contribution is 2.16. The molecule has 0 saturated heterocycles. The second-order valence-corrected chi connectivity index (χ2v) is 4.83. The number of methoxy groups -OCH3 is 1. The molecule has 23 heavy (non-hydrogen) atoms. The Balaban J connectivity index is 1.72. The average molecular weight is 313 g/mol. The molecule has 2 N–H and O–H groups in total. The first-order chi connectivity index (χ1) is 11.2. The molecule has 2 rings (SSSR count). The van der Waals surface area contributed by atoms with Crippen molar-refractivity contribution in [2.24, 2.45) is 0 Å². The van der Waals surface area contributed by atoms with E-state index in [0.29, 0.717) is 12.1 Å². The Morgan fingerprint density at radius 3 is 2.57 bits per heavy atom. The lowest BCUT2D eigenvalue weighted by Crippen LogP contribution is -2.30. The van der Waals surface area contributed by atoms with E-state index in [1.807, 2.05) is 24.3 Å². The van der Waals surface area contributed by atoms with Crippen LogP contribution in [-0.4, -0.2) is 30.5 Å². The van der Waals surface area contributed by atoms with E-state index in [1.165, 1.54) is 0 Å². The van der Waals surface area contributed by atoms with Crippen LogP contribution in [0, 0.1) is 0 Å². The van der Waals surface area contributed by atoms with Crippen molar-refractivity contribution in [3.8, 4) is 5.75 Å². The third-order valence-electron chi connectivity index (χ3n) is 3.25. The molecule has 2 aromatic rings. The van der Waals surface area contributed by atoms with Crippen LogP contribution in [0.1, 0.15) is 22.3 Å². The van der Waals surface area contributed by atoms with Gasteiger partial charge in [-0.15, -0.1) is 0 Å². The summed E-state index contributed by atoms with van der Waals surface area (Å²) in [5.74, 6) is 0.384. The van der Waals surface area contributed by atoms with E-state index in [4.69, 9.17) is 4.74 Å². The van der Waals surface area contributed by atoms with Crippen molar-refractivity contribution < 1.29 is 14.3 Å². The highest BCUT2D eigenvalue weighted by Gasteiger charge is 2.07. The summed E-state index contributed by atoms with van der Waals surface area (Å²) in [7, 11) is 1.59. The van der Waals surface area contributed by atoms with Crippen molar-refractivity contribution in [1.82, 2.24) is 15.6 Å². The molecule has 0 saturated carbocycles. The lowest BCUT2D eigenvalue weighted by molar-refractivity contribution is -0.121. The quantitative estimate of drug-likeness (QED) is 0.812. The Hall–Kier alpha value is -2.89. The summed E-state index contributed by atoms with van der Waals surface area (Å²) in [6.07, 6.45) is 3.32. The normalized spacial score (nSPS) is 9.96. The van der Waals surface area contributed by atoms with Gasteiger partial charge in [0.25, 0.3) is 5.91 Å². The number of para-hydroxylation sites is 1. The number of pyridine rings is 1. The summed E-state index contributed by atoms with van der Waals surface area (Å²) >= 11 is 0. The second kappa shape index (κ2) is 8.53. The van der Waals surface area contributed by atoms with Gasteiger partial charge in [0.2, 0.25) is 5.91 Å². The molecule has 0 aliphatic carbocycles. The minimum absolute atomic E-state index is 0.133. The Kier molecular flexibility index (Phi) is 6.11. The minimum atomic E-state index is -0.218. The van der Waals surface area contributed by atoms with Crippen molar-refractivity contribution in [2.75, 3.05) is 13.7 Å². The van der Waals surface area contributed by atoms with E-state index in [1.54, 1.807) is 31.6 Å². The van der Waals surface area contributed by atoms with E-state index in [2.05, 4.69) is 15.6 Å². The van der Waals surface area contributed by atoms with Gasteiger partial charge in [-0.25, -0.2) is 0 Å². The van der Waals surface area contributed by atoms with E-state index >= 15 is 0 Å². The van der Waals surface area contributed by atoms with Gasteiger partial charge in [-0.2, -0.15) is 0 Å². The first kappa shape index (κ1) is 16.5. The first-order valence-corrected chi connectivity index (χ1v) is 7.27. The van der Waals surface area contributed by atoms with Gasteiger partial charge in [-0.3, -0.25) is 14.6 Å². The summed E-state index contributed by atoms with van der Waals surface area (Å²) in [5, 5.41) is 5.51. The molecule has 0 fully saturated rings.